The molecule has 5 nitrogen and oxygen atoms in total. The Hall–Kier alpha value is -1.88. The summed E-state index contributed by atoms with van der Waals surface area (Å²) < 4.78 is 0. The van der Waals surface area contributed by atoms with Crippen LogP contribution in [0.2, 0.25) is 0 Å². The van der Waals surface area contributed by atoms with Gasteiger partial charge in [-0.15, -0.1) is 0 Å². The fourth-order valence-electron chi connectivity index (χ4n) is 2.30. The molecule has 1 aromatic rings. The van der Waals surface area contributed by atoms with Gasteiger partial charge in [0.15, 0.2) is 0 Å². The Morgan fingerprint density at radius 1 is 1.13 bits per heavy atom. The van der Waals surface area contributed by atoms with Crippen molar-refractivity contribution in [3.05, 3.63) is 30.3 Å². The molecular weight excluding hydrogens is 290 g/mol. The first kappa shape index (κ1) is 19.2. The maximum atomic E-state index is 12.8. The van der Waals surface area contributed by atoms with Crippen LogP contribution in [-0.4, -0.2) is 50.4 Å². The smallest absolute Gasteiger partial charge is 0.242 e. The normalized spacial score (nSPS) is 11.4. The van der Waals surface area contributed by atoms with Gasteiger partial charge >= 0.3 is 0 Å². The van der Waals surface area contributed by atoms with Crippen LogP contribution in [0.1, 0.15) is 27.2 Å². The second kappa shape index (κ2) is 8.67. The molecule has 0 heterocycles. The number of anilines is 1. The molecule has 0 fully saturated rings. The molecule has 0 atom stereocenters. The first-order valence-corrected chi connectivity index (χ1v) is 8.10. The van der Waals surface area contributed by atoms with Crippen molar-refractivity contribution in [1.29, 1.82) is 0 Å². The van der Waals surface area contributed by atoms with Gasteiger partial charge in [0.1, 0.15) is 5.41 Å². The molecule has 23 heavy (non-hydrogen) atoms. The molecule has 0 aliphatic rings. The first-order valence-electron chi connectivity index (χ1n) is 8.10. The van der Waals surface area contributed by atoms with Crippen molar-refractivity contribution in [3.8, 4) is 0 Å². The highest BCUT2D eigenvalue weighted by Crippen LogP contribution is 2.24. The van der Waals surface area contributed by atoms with Crippen LogP contribution in [0.25, 0.3) is 0 Å². The van der Waals surface area contributed by atoms with E-state index < -0.39 is 5.41 Å². The second-order valence-corrected chi connectivity index (χ2v) is 6.42. The Bertz CT molecular complexity index is 512. The second-order valence-electron chi connectivity index (χ2n) is 6.42. The molecule has 1 N–H and O–H groups in total. The average Bonchev–Trinajstić information content (AvgIpc) is 2.52. The Morgan fingerprint density at radius 2 is 1.74 bits per heavy atom. The number of hydrogen-bond acceptors (Lipinski definition) is 3. The van der Waals surface area contributed by atoms with Crippen molar-refractivity contribution in [2.75, 3.05) is 38.6 Å². The predicted octanol–water partition coefficient (Wildman–Crippen LogP) is 2.13. The number of nitrogens with zero attached hydrogens (tertiary/aromatic N) is 2. The summed E-state index contributed by atoms with van der Waals surface area (Å²) in [6.45, 7) is 7.28. The molecule has 5 heteroatoms. The summed E-state index contributed by atoms with van der Waals surface area (Å²) in [5, 5.41) is 2.88. The van der Waals surface area contributed by atoms with Crippen molar-refractivity contribution in [1.82, 2.24) is 10.2 Å². The number of amides is 2. The SMILES string of the molecule is CCN(C(=O)C(C)(C)C(=O)NCCCN(C)C)c1ccccc1. The quantitative estimate of drug-likeness (QED) is 0.590. The Morgan fingerprint density at radius 3 is 2.26 bits per heavy atom. The number of benzene rings is 1. The highest BCUT2D eigenvalue weighted by atomic mass is 16.2. The number of nitrogens with one attached hydrogen (secondary N) is 1. The van der Waals surface area contributed by atoms with Crippen LogP contribution in [0.3, 0.4) is 0 Å². The molecule has 2 amide bonds. The lowest BCUT2D eigenvalue weighted by atomic mass is 9.90. The van der Waals surface area contributed by atoms with Crippen molar-refractivity contribution < 1.29 is 9.59 Å². The molecule has 128 valence electrons. The zero-order valence-electron chi connectivity index (χ0n) is 14.9. The summed E-state index contributed by atoms with van der Waals surface area (Å²) in [5.41, 5.74) is -0.280. The van der Waals surface area contributed by atoms with E-state index in [0.717, 1.165) is 18.7 Å². The van der Waals surface area contributed by atoms with Crippen molar-refractivity contribution in [3.63, 3.8) is 0 Å². The third kappa shape index (κ3) is 5.36. The molecule has 0 saturated heterocycles. The van der Waals surface area contributed by atoms with E-state index in [1.165, 1.54) is 0 Å². The van der Waals surface area contributed by atoms with E-state index in [2.05, 4.69) is 10.2 Å². The van der Waals surface area contributed by atoms with Crippen LogP contribution in [0.15, 0.2) is 30.3 Å². The van der Waals surface area contributed by atoms with Crippen molar-refractivity contribution in [2.24, 2.45) is 5.41 Å². The highest BCUT2D eigenvalue weighted by molar-refractivity contribution is 6.10. The fraction of sp³-hybridized carbons (Fsp3) is 0.556. The molecule has 0 unspecified atom stereocenters. The van der Waals surface area contributed by atoms with Gasteiger partial charge in [-0.2, -0.15) is 0 Å². The topological polar surface area (TPSA) is 52.7 Å². The van der Waals surface area contributed by atoms with Gasteiger partial charge in [0.2, 0.25) is 11.8 Å². The van der Waals surface area contributed by atoms with Crippen LogP contribution in [0, 0.1) is 5.41 Å². The van der Waals surface area contributed by atoms with Crippen LogP contribution in [0.5, 0.6) is 0 Å². The molecule has 0 aromatic heterocycles. The average molecular weight is 319 g/mol. The molecule has 0 spiro atoms. The van der Waals surface area contributed by atoms with Gasteiger partial charge in [-0.1, -0.05) is 18.2 Å². The standard InChI is InChI=1S/C18H29N3O2/c1-6-21(15-11-8-7-9-12-15)17(23)18(2,3)16(22)19-13-10-14-20(4)5/h7-9,11-12H,6,10,13-14H2,1-5H3,(H,19,22). The van der Waals surface area contributed by atoms with Gasteiger partial charge < -0.3 is 15.1 Å². The third-order valence-electron chi connectivity index (χ3n) is 3.80. The number of carbonyl (C=O) groups is 2. The summed E-state index contributed by atoms with van der Waals surface area (Å²) in [5.74, 6) is -0.410. The van der Waals surface area contributed by atoms with E-state index >= 15 is 0 Å². The van der Waals surface area contributed by atoms with Crippen molar-refractivity contribution >= 4 is 17.5 Å². The summed E-state index contributed by atoms with van der Waals surface area (Å²) in [6, 6.07) is 9.45. The van der Waals surface area contributed by atoms with E-state index in [4.69, 9.17) is 0 Å². The van der Waals surface area contributed by atoms with Gasteiger partial charge in [-0.3, -0.25) is 9.59 Å². The summed E-state index contributed by atoms with van der Waals surface area (Å²) in [7, 11) is 3.99. The molecule has 1 aromatic carbocycles. The lowest BCUT2D eigenvalue weighted by molar-refractivity contribution is -0.139. The number of carbonyl (C=O) groups excluding carboxylic acids is 2. The van der Waals surface area contributed by atoms with E-state index in [9.17, 15) is 9.59 Å². The molecule has 0 aliphatic heterocycles. The largest absolute Gasteiger partial charge is 0.355 e. The minimum absolute atomic E-state index is 0.184. The maximum Gasteiger partial charge on any atom is 0.242 e. The lowest BCUT2D eigenvalue weighted by Gasteiger charge is -2.30. The number of rotatable bonds is 8. The minimum Gasteiger partial charge on any atom is -0.355 e. The van der Waals surface area contributed by atoms with Gasteiger partial charge in [-0.25, -0.2) is 0 Å². The summed E-state index contributed by atoms with van der Waals surface area (Å²) >= 11 is 0. The summed E-state index contributed by atoms with van der Waals surface area (Å²) in [4.78, 5) is 29.0. The van der Waals surface area contributed by atoms with Crippen LogP contribution >= 0.6 is 0 Å². The van der Waals surface area contributed by atoms with Crippen molar-refractivity contribution in [2.45, 2.75) is 27.2 Å². The summed E-state index contributed by atoms with van der Waals surface area (Å²) in [6.07, 6.45) is 0.860. The van der Waals surface area contributed by atoms with E-state index in [1.807, 2.05) is 51.4 Å². The fourth-order valence-corrected chi connectivity index (χ4v) is 2.30. The number of para-hydroxylation sites is 1. The molecule has 1 rings (SSSR count). The Balaban J connectivity index is 2.72. The van der Waals surface area contributed by atoms with E-state index in [0.29, 0.717) is 13.1 Å². The minimum atomic E-state index is -1.09. The zero-order valence-corrected chi connectivity index (χ0v) is 14.9. The van der Waals surface area contributed by atoms with Crippen LogP contribution in [0.4, 0.5) is 5.69 Å². The third-order valence-corrected chi connectivity index (χ3v) is 3.80. The molecule has 0 aliphatic carbocycles. The lowest BCUT2D eigenvalue weighted by Crippen LogP contribution is -2.50. The molecule has 0 bridgehead atoms. The monoisotopic (exact) mass is 319 g/mol. The Kier molecular flexibility index (Phi) is 7.23. The van der Waals surface area contributed by atoms with Gasteiger partial charge in [0.25, 0.3) is 0 Å². The molecule has 0 radical (unpaired) electrons. The van der Waals surface area contributed by atoms with E-state index in [1.54, 1.807) is 18.7 Å². The molecule has 0 saturated carbocycles. The van der Waals surface area contributed by atoms with Gasteiger partial charge in [-0.05, 0) is 60.0 Å². The number of hydrogen-bond donors (Lipinski definition) is 1. The van der Waals surface area contributed by atoms with Gasteiger partial charge in [0.05, 0.1) is 0 Å². The van der Waals surface area contributed by atoms with E-state index in [-0.39, 0.29) is 11.8 Å². The van der Waals surface area contributed by atoms with Crippen LogP contribution in [-0.2, 0) is 9.59 Å². The Labute approximate surface area is 139 Å². The predicted molar refractivity (Wildman–Crippen MR) is 94.4 cm³/mol. The zero-order chi connectivity index (χ0) is 17.5. The molecular formula is C18H29N3O2. The highest BCUT2D eigenvalue weighted by Gasteiger charge is 2.39. The van der Waals surface area contributed by atoms with Crippen LogP contribution < -0.4 is 10.2 Å². The first-order chi connectivity index (χ1) is 10.8. The maximum absolute atomic E-state index is 12.8. The van der Waals surface area contributed by atoms with Gasteiger partial charge in [0, 0.05) is 18.8 Å².